The number of carboxylic acid groups (broad SMARTS) is 1. The van der Waals surface area contributed by atoms with Crippen LogP contribution < -0.4 is 20.5 Å². The van der Waals surface area contributed by atoms with Crippen LogP contribution >= 0.6 is 0 Å². The molecule has 0 aliphatic carbocycles. The van der Waals surface area contributed by atoms with E-state index in [0.29, 0.717) is 44.0 Å². The first kappa shape index (κ1) is 44.0. The van der Waals surface area contributed by atoms with E-state index < -0.39 is 53.8 Å². The number of nitrogens with zero attached hydrogens (tertiary/aromatic N) is 3. The summed E-state index contributed by atoms with van der Waals surface area (Å²) in [6.07, 6.45) is 0.720. The lowest BCUT2D eigenvalue weighted by atomic mass is 9.80. The Morgan fingerprint density at radius 3 is 2.30 bits per heavy atom. The zero-order valence-electron chi connectivity index (χ0n) is 33.5. The summed E-state index contributed by atoms with van der Waals surface area (Å²) >= 11 is 0. The molecule has 0 radical (unpaired) electrons. The highest BCUT2D eigenvalue weighted by Crippen LogP contribution is 2.38. The van der Waals surface area contributed by atoms with Crippen LogP contribution in [0.3, 0.4) is 0 Å². The molecule has 1 aliphatic heterocycles. The molecule has 1 saturated heterocycles. The molecule has 3 rings (SSSR count). The number of imidazole rings is 1. The van der Waals surface area contributed by atoms with Crippen molar-refractivity contribution in [3.8, 4) is 11.5 Å². The van der Waals surface area contributed by atoms with Crippen molar-refractivity contribution < 1.29 is 48.0 Å². The van der Waals surface area contributed by atoms with Gasteiger partial charge in [0.05, 0.1) is 37.6 Å². The quantitative estimate of drug-likeness (QED) is 0.118. The molecule has 15 nitrogen and oxygen atoms in total. The van der Waals surface area contributed by atoms with Crippen LogP contribution in [0.5, 0.6) is 11.5 Å². The van der Waals surface area contributed by atoms with E-state index in [1.54, 1.807) is 46.6 Å². The van der Waals surface area contributed by atoms with E-state index in [1.807, 2.05) is 32.0 Å². The van der Waals surface area contributed by atoms with Gasteiger partial charge < -0.3 is 44.4 Å². The van der Waals surface area contributed by atoms with Gasteiger partial charge in [-0.3, -0.25) is 14.5 Å². The molecule has 0 saturated carbocycles. The number of rotatable bonds is 21. The number of nitrogens with one attached hydrogen (secondary N) is 1. The number of primary amides is 1. The lowest BCUT2D eigenvalue weighted by Gasteiger charge is -2.33. The maximum atomic E-state index is 13.7. The first-order valence-electron chi connectivity index (χ1n) is 18.6. The second-order valence-corrected chi connectivity index (χ2v) is 15.5. The number of hydrogen-bond donors (Lipinski definition) is 3. The van der Waals surface area contributed by atoms with Crippen molar-refractivity contribution in [2.45, 2.75) is 98.6 Å². The third-order valence-electron chi connectivity index (χ3n) is 10.2. The number of amides is 3. The van der Waals surface area contributed by atoms with Crippen molar-refractivity contribution in [2.24, 2.45) is 41.9 Å². The normalized spacial score (nSPS) is 19.0. The molecule has 2 aromatic rings. The minimum Gasteiger partial charge on any atom is -0.493 e. The number of benzene rings is 1. The van der Waals surface area contributed by atoms with Crippen molar-refractivity contribution >= 4 is 23.9 Å². The molecule has 0 spiro atoms. The molecule has 1 fully saturated rings. The Balaban J connectivity index is 1.97. The maximum absolute atomic E-state index is 13.7. The van der Waals surface area contributed by atoms with Gasteiger partial charge in [0.1, 0.15) is 6.10 Å². The van der Waals surface area contributed by atoms with Crippen LogP contribution in [0, 0.1) is 29.1 Å². The Kier molecular flexibility index (Phi) is 16.2. The predicted octanol–water partition coefficient (Wildman–Crippen LogP) is 4.66. The van der Waals surface area contributed by atoms with Crippen LogP contribution in [-0.2, 0) is 37.3 Å². The van der Waals surface area contributed by atoms with E-state index in [2.05, 4.69) is 24.1 Å². The standard InChI is InChI=1S/C39H61N5O10/c1-23(2)27(16-26-12-13-31(51-10)33(17-26)52-15-11-14-50-9)18-30-32(19-28(24(3)4)34(45)41-21-39(6,7)37(40)47)54-35(44(30)38(48)49)25(5)53-36(46)29-20-43(8)22-42-29/h12-13,17,20,22-25,27-28,30,32,35H,11,14-16,18-19,21H2,1-10H3,(H2,40,47)(H,41,45)(H,48,49)/t25?,27-,28-,30-,32-,35?/m0/s1. The summed E-state index contributed by atoms with van der Waals surface area (Å²) < 4.78 is 30.6. The molecule has 1 aromatic heterocycles. The van der Waals surface area contributed by atoms with E-state index >= 15 is 0 Å². The van der Waals surface area contributed by atoms with Crippen LogP contribution in [-0.4, -0.2) is 102 Å². The fraction of sp³-hybridized carbons (Fsp3) is 0.667. The Labute approximate surface area is 319 Å². The number of aromatic nitrogens is 2. The van der Waals surface area contributed by atoms with Crippen molar-refractivity contribution in [1.29, 1.82) is 0 Å². The number of carbonyl (C=O) groups is 4. The average Bonchev–Trinajstić information content (AvgIpc) is 3.71. The summed E-state index contributed by atoms with van der Waals surface area (Å²) in [6, 6.07) is 5.09. The Morgan fingerprint density at radius 2 is 1.74 bits per heavy atom. The van der Waals surface area contributed by atoms with Crippen LogP contribution in [0.2, 0.25) is 0 Å². The van der Waals surface area contributed by atoms with Gasteiger partial charge in [0.15, 0.2) is 23.4 Å². The highest BCUT2D eigenvalue weighted by molar-refractivity contribution is 5.87. The Bertz CT molecular complexity index is 1560. The van der Waals surface area contributed by atoms with Crippen LogP contribution in [0.25, 0.3) is 0 Å². The molecular weight excluding hydrogens is 698 g/mol. The summed E-state index contributed by atoms with van der Waals surface area (Å²) in [5.41, 5.74) is 5.65. The first-order chi connectivity index (χ1) is 25.4. The molecule has 2 unspecified atom stereocenters. The number of aryl methyl sites for hydroxylation is 1. The molecule has 15 heteroatoms. The van der Waals surface area contributed by atoms with E-state index in [1.165, 1.54) is 17.4 Å². The highest BCUT2D eigenvalue weighted by atomic mass is 16.6. The summed E-state index contributed by atoms with van der Waals surface area (Å²) in [5.74, 6) is -1.02. The molecule has 0 bridgehead atoms. The van der Waals surface area contributed by atoms with Gasteiger partial charge in [-0.15, -0.1) is 0 Å². The number of ether oxygens (including phenoxy) is 5. The van der Waals surface area contributed by atoms with Crippen molar-refractivity contribution in [3.05, 3.63) is 42.0 Å². The molecule has 1 aromatic carbocycles. The maximum Gasteiger partial charge on any atom is 0.409 e. The Morgan fingerprint density at radius 1 is 1.04 bits per heavy atom. The summed E-state index contributed by atoms with van der Waals surface area (Å²) in [6.45, 7) is 14.0. The first-order valence-corrected chi connectivity index (χ1v) is 18.6. The summed E-state index contributed by atoms with van der Waals surface area (Å²) in [5, 5.41) is 13.6. The lowest BCUT2D eigenvalue weighted by Crippen LogP contribution is -2.49. The number of nitrogens with two attached hydrogens (primary N) is 1. The Hall–Kier alpha value is -4.37. The minimum absolute atomic E-state index is 0.0366. The van der Waals surface area contributed by atoms with Gasteiger partial charge in [-0.1, -0.05) is 33.8 Å². The minimum atomic E-state index is -1.24. The van der Waals surface area contributed by atoms with Crippen LogP contribution in [0.4, 0.5) is 4.79 Å². The van der Waals surface area contributed by atoms with Gasteiger partial charge in [0, 0.05) is 45.8 Å². The van der Waals surface area contributed by atoms with Gasteiger partial charge in [0.25, 0.3) is 0 Å². The van der Waals surface area contributed by atoms with Gasteiger partial charge in [-0.05, 0) is 75.5 Å². The molecule has 1 aliphatic rings. The fourth-order valence-corrected chi connectivity index (χ4v) is 6.58. The second kappa shape index (κ2) is 19.8. The molecule has 3 amide bonds. The molecule has 6 atom stereocenters. The zero-order valence-corrected chi connectivity index (χ0v) is 33.5. The van der Waals surface area contributed by atoms with E-state index in [4.69, 9.17) is 29.4 Å². The third kappa shape index (κ3) is 11.8. The zero-order chi connectivity index (χ0) is 40.3. The highest BCUT2D eigenvalue weighted by Gasteiger charge is 2.50. The second-order valence-electron chi connectivity index (χ2n) is 15.5. The molecule has 2 heterocycles. The van der Waals surface area contributed by atoms with E-state index in [9.17, 15) is 24.3 Å². The fourth-order valence-electron chi connectivity index (χ4n) is 6.58. The molecule has 302 valence electrons. The average molecular weight is 760 g/mol. The van der Waals surface area contributed by atoms with Gasteiger partial charge in [0.2, 0.25) is 11.8 Å². The largest absolute Gasteiger partial charge is 0.493 e. The number of carbonyl (C=O) groups excluding carboxylic acids is 3. The van der Waals surface area contributed by atoms with Gasteiger partial charge in [-0.2, -0.15) is 0 Å². The smallest absolute Gasteiger partial charge is 0.409 e. The van der Waals surface area contributed by atoms with Gasteiger partial charge >= 0.3 is 12.1 Å². The number of methoxy groups -OCH3 is 2. The predicted molar refractivity (Wildman–Crippen MR) is 201 cm³/mol. The third-order valence-corrected chi connectivity index (χ3v) is 10.2. The van der Waals surface area contributed by atoms with E-state index in [0.717, 1.165) is 5.56 Å². The van der Waals surface area contributed by atoms with Crippen molar-refractivity contribution in [2.75, 3.05) is 34.0 Å². The topological polar surface area (TPSA) is 194 Å². The molecule has 54 heavy (non-hydrogen) atoms. The number of hydrogen-bond acceptors (Lipinski definition) is 10. The van der Waals surface area contributed by atoms with Crippen LogP contribution in [0.15, 0.2) is 30.7 Å². The van der Waals surface area contributed by atoms with Crippen molar-refractivity contribution in [1.82, 2.24) is 19.8 Å². The van der Waals surface area contributed by atoms with E-state index in [-0.39, 0.29) is 42.3 Å². The summed E-state index contributed by atoms with van der Waals surface area (Å²) in [4.78, 5) is 57.2. The lowest BCUT2D eigenvalue weighted by molar-refractivity contribution is -0.130. The SMILES string of the molecule is COCCCOc1cc(C[C@@H](C[C@H]2[C@H](C[C@H](C(=O)NCC(C)(C)C(N)=O)C(C)C)OC(C(C)OC(=O)c3cn(C)cn3)N2C(=O)O)C(C)C)ccc1OC. The van der Waals surface area contributed by atoms with Crippen molar-refractivity contribution in [3.63, 3.8) is 0 Å². The molecular formula is C39H61N5O10. The molecule has 4 N–H and O–H groups in total. The van der Waals surface area contributed by atoms with Gasteiger partial charge in [-0.25, -0.2) is 14.6 Å². The summed E-state index contributed by atoms with van der Waals surface area (Å²) in [7, 11) is 4.95. The van der Waals surface area contributed by atoms with Crippen LogP contribution in [0.1, 0.15) is 83.8 Å². The monoisotopic (exact) mass is 759 g/mol. The number of esters is 1.